The molecule has 0 atom stereocenters. The second-order valence-electron chi connectivity index (χ2n) is 16.6. The SMILES string of the molecule is CC(C)Oc1ccc(C[n+]2ccccc2)cc1.FC(F)(F)c1cc([B-](c2cc(C(F)(F)F)cc(C(F)(F)F)c2)(c2cc(C(F)(F)F)cc(C(F)(F)F)c2)c2cc(C(F)(F)F)cc(C(F)(F)F)c2)cc(C(F)(F)F)c1. The lowest BCUT2D eigenvalue weighted by molar-refractivity contribution is -0.688. The molecule has 0 unspecified atom stereocenters. The third kappa shape index (κ3) is 14.0. The number of hydrogen-bond acceptors (Lipinski definition) is 1. The fraction of sp³-hybridized carbons (Fsp3) is 0.255. The molecule has 27 heteroatoms. The van der Waals surface area contributed by atoms with Crippen molar-refractivity contribution in [1.82, 2.24) is 0 Å². The van der Waals surface area contributed by atoms with Crippen molar-refractivity contribution in [3.8, 4) is 5.75 Å². The quantitative estimate of drug-likeness (QED) is 0.0841. The van der Waals surface area contributed by atoms with Crippen molar-refractivity contribution >= 4 is 28.0 Å². The van der Waals surface area contributed by atoms with Gasteiger partial charge in [-0.25, -0.2) is 4.57 Å². The molecule has 0 bridgehead atoms. The van der Waals surface area contributed by atoms with Gasteiger partial charge in [0.05, 0.1) is 50.6 Å². The van der Waals surface area contributed by atoms with E-state index in [0.29, 0.717) is 0 Å². The monoisotopic (exact) mass is 1090 g/mol. The summed E-state index contributed by atoms with van der Waals surface area (Å²) in [7, 11) is 0. The number of ether oxygens (including phenoxy) is 1. The highest BCUT2D eigenvalue weighted by atomic mass is 19.4. The van der Waals surface area contributed by atoms with E-state index in [2.05, 4.69) is 29.1 Å². The molecule has 0 aliphatic heterocycles. The predicted molar refractivity (Wildman–Crippen MR) is 218 cm³/mol. The van der Waals surface area contributed by atoms with Crippen molar-refractivity contribution < 1.29 is 115 Å². The van der Waals surface area contributed by atoms with E-state index in [1.807, 2.05) is 44.2 Å². The van der Waals surface area contributed by atoms with Crippen LogP contribution in [0, 0.1) is 0 Å². The third-order valence-corrected chi connectivity index (χ3v) is 10.9. The Morgan fingerprint density at radius 1 is 0.351 bits per heavy atom. The molecular weight excluding hydrogens is 1060 g/mol. The molecule has 0 fully saturated rings. The summed E-state index contributed by atoms with van der Waals surface area (Å²) >= 11 is 0. The maximum Gasteiger partial charge on any atom is 0.416 e. The topological polar surface area (TPSA) is 13.1 Å². The minimum absolute atomic E-state index is 0.226. The summed E-state index contributed by atoms with van der Waals surface area (Å²) in [5.41, 5.74) is -28.9. The predicted octanol–water partition coefficient (Wildman–Crippen LogP) is 14.0. The molecule has 2 nitrogen and oxygen atoms in total. The van der Waals surface area contributed by atoms with E-state index in [-0.39, 0.29) is 6.10 Å². The van der Waals surface area contributed by atoms with E-state index in [1.165, 1.54) is 5.56 Å². The van der Waals surface area contributed by atoms with Crippen molar-refractivity contribution in [3.05, 3.63) is 178 Å². The van der Waals surface area contributed by atoms with Crippen LogP contribution in [0.3, 0.4) is 0 Å². The van der Waals surface area contributed by atoms with Crippen LogP contribution in [0.4, 0.5) is 105 Å². The summed E-state index contributed by atoms with van der Waals surface area (Å²) in [5.74, 6) is 0.932. The standard InChI is InChI=1S/C32H12BF24.C15H18NO/c34-25(35,36)13-1-14(26(37,38)39)6-21(5-13)33(22-7-15(27(40,41)42)2-16(8-22)28(43,44)45,23-9-17(29(46,47)48)3-18(10-23)30(49,50)51)24-11-19(31(52,53)54)4-20(12-24)32(55,56)57;1-13(2)17-15-8-6-14(7-9-15)12-16-10-4-3-5-11-16/h1-12H;3-11,13H,12H2,1-2H3/q-1;+1. The lowest BCUT2D eigenvalue weighted by Gasteiger charge is -2.46. The first-order valence-electron chi connectivity index (χ1n) is 20.6. The maximum atomic E-state index is 14.2. The van der Waals surface area contributed by atoms with Crippen LogP contribution in [0.15, 0.2) is 128 Å². The van der Waals surface area contributed by atoms with Gasteiger partial charge in [0.15, 0.2) is 18.9 Å². The van der Waals surface area contributed by atoms with Crippen LogP contribution in [0.25, 0.3) is 0 Å². The number of hydrogen-bond donors (Lipinski definition) is 0. The smallest absolute Gasteiger partial charge is 0.416 e. The molecule has 0 amide bonds. The van der Waals surface area contributed by atoms with Gasteiger partial charge in [-0.15, -0.1) is 0 Å². The van der Waals surface area contributed by atoms with E-state index in [0.717, 1.165) is 12.3 Å². The summed E-state index contributed by atoms with van der Waals surface area (Å²) in [6.45, 7) is 4.96. The second kappa shape index (κ2) is 20.3. The molecule has 1 heterocycles. The summed E-state index contributed by atoms with van der Waals surface area (Å²) in [6, 6.07) is 5.56. The zero-order chi connectivity index (χ0) is 56.0. The Balaban J connectivity index is 0.000000500. The molecule has 0 aliphatic rings. The first-order chi connectivity index (χ1) is 33.5. The van der Waals surface area contributed by atoms with Gasteiger partial charge in [0.25, 0.3) is 0 Å². The molecule has 0 spiro atoms. The van der Waals surface area contributed by atoms with Gasteiger partial charge in [0.2, 0.25) is 0 Å². The van der Waals surface area contributed by atoms with Gasteiger partial charge in [0, 0.05) is 17.7 Å². The van der Waals surface area contributed by atoms with Crippen molar-refractivity contribution in [2.45, 2.75) is 75.9 Å². The van der Waals surface area contributed by atoms with Crippen molar-refractivity contribution in [2.24, 2.45) is 0 Å². The Morgan fingerprint density at radius 3 is 0.784 bits per heavy atom. The normalized spacial score (nSPS) is 13.4. The summed E-state index contributed by atoms with van der Waals surface area (Å²) in [4.78, 5) is 0. The van der Waals surface area contributed by atoms with Gasteiger partial charge in [-0.3, -0.25) is 0 Å². The third-order valence-electron chi connectivity index (χ3n) is 10.9. The average molecular weight is 1090 g/mol. The van der Waals surface area contributed by atoms with Gasteiger partial charge in [-0.05, 0) is 62.4 Å². The Labute approximate surface area is 401 Å². The van der Waals surface area contributed by atoms with E-state index in [9.17, 15) is 105 Å². The summed E-state index contributed by atoms with van der Waals surface area (Å²) < 4.78 is 349. The van der Waals surface area contributed by atoms with Crippen LogP contribution in [0.2, 0.25) is 0 Å². The fourth-order valence-electron chi connectivity index (χ4n) is 7.77. The Hall–Kier alpha value is -6.57. The molecule has 1 aromatic heterocycles. The Kier molecular flexibility index (Phi) is 16.0. The van der Waals surface area contributed by atoms with Gasteiger partial charge >= 0.3 is 49.4 Å². The average Bonchev–Trinajstić information content (AvgIpc) is 3.25. The molecule has 6 aromatic rings. The Morgan fingerprint density at radius 2 is 0.581 bits per heavy atom. The molecule has 0 aliphatic carbocycles. The van der Waals surface area contributed by atoms with Gasteiger partial charge in [0.1, 0.15) is 11.9 Å². The molecular formula is C47H30BF24NO. The minimum atomic E-state index is -6.13. The summed E-state index contributed by atoms with van der Waals surface area (Å²) in [6.07, 6.45) is -50.4. The number of rotatable bonds is 8. The molecule has 5 aromatic carbocycles. The fourth-order valence-corrected chi connectivity index (χ4v) is 7.77. The number of aromatic nitrogens is 1. The Bertz CT molecular complexity index is 2470. The zero-order valence-corrected chi connectivity index (χ0v) is 36.9. The highest BCUT2D eigenvalue weighted by Crippen LogP contribution is 2.41. The first kappa shape index (κ1) is 58.3. The van der Waals surface area contributed by atoms with Gasteiger partial charge in [-0.1, -0.05) is 54.6 Å². The molecule has 400 valence electrons. The molecule has 74 heavy (non-hydrogen) atoms. The molecule has 0 saturated heterocycles. The van der Waals surface area contributed by atoms with E-state index < -0.39 is 195 Å². The highest BCUT2D eigenvalue weighted by molar-refractivity contribution is 7.20. The van der Waals surface area contributed by atoms with E-state index in [4.69, 9.17) is 4.74 Å². The largest absolute Gasteiger partial charge is 0.491 e. The molecule has 6 rings (SSSR count). The second-order valence-corrected chi connectivity index (χ2v) is 16.6. The number of pyridine rings is 1. The van der Waals surface area contributed by atoms with Gasteiger partial charge in [-0.2, -0.15) is 127 Å². The maximum absolute atomic E-state index is 14.2. The number of benzene rings is 5. The summed E-state index contributed by atoms with van der Waals surface area (Å²) in [5, 5.41) is 0. The van der Waals surface area contributed by atoms with Crippen molar-refractivity contribution in [3.63, 3.8) is 0 Å². The molecule has 0 N–H and O–H groups in total. The number of nitrogens with zero attached hydrogens (tertiary/aromatic N) is 1. The molecule has 0 saturated carbocycles. The van der Waals surface area contributed by atoms with Crippen LogP contribution in [-0.4, -0.2) is 12.2 Å². The zero-order valence-electron chi connectivity index (χ0n) is 36.9. The molecule has 0 radical (unpaired) electrons. The lowest BCUT2D eigenvalue weighted by atomic mass is 9.12. The lowest BCUT2D eigenvalue weighted by Crippen LogP contribution is -2.75. The van der Waals surface area contributed by atoms with E-state index >= 15 is 0 Å². The number of alkyl halides is 24. The van der Waals surface area contributed by atoms with E-state index in [1.54, 1.807) is 0 Å². The van der Waals surface area contributed by atoms with Crippen molar-refractivity contribution in [1.29, 1.82) is 0 Å². The minimum Gasteiger partial charge on any atom is -0.491 e. The van der Waals surface area contributed by atoms with Crippen LogP contribution in [0.5, 0.6) is 5.75 Å². The van der Waals surface area contributed by atoms with Crippen molar-refractivity contribution in [2.75, 3.05) is 0 Å². The van der Waals surface area contributed by atoms with Crippen LogP contribution in [0.1, 0.15) is 63.9 Å². The van der Waals surface area contributed by atoms with Crippen LogP contribution < -0.4 is 31.2 Å². The number of halogens is 24. The van der Waals surface area contributed by atoms with Gasteiger partial charge < -0.3 is 4.74 Å². The highest BCUT2D eigenvalue weighted by Gasteiger charge is 2.47. The first-order valence-corrected chi connectivity index (χ1v) is 20.6. The van der Waals surface area contributed by atoms with Crippen LogP contribution >= 0.6 is 0 Å². The van der Waals surface area contributed by atoms with Crippen LogP contribution in [-0.2, 0) is 56.0 Å².